The molecule has 0 aromatic carbocycles. The molecule has 51 heteroatoms. The van der Waals surface area contributed by atoms with Gasteiger partial charge in [0.05, 0.1) is 77.0 Å². The Bertz CT molecular complexity index is 3630. The number of aromatic nitrogens is 4. The van der Waals surface area contributed by atoms with Gasteiger partial charge in [-0.15, -0.1) is 0 Å². The number of hydrogen-bond acceptors (Lipinski definition) is 33. The third kappa shape index (κ3) is 23.9. The number of ether oxygens (including phenoxy) is 6. The van der Waals surface area contributed by atoms with Gasteiger partial charge >= 0.3 is 60.4 Å². The quantitative estimate of drug-likeness (QED) is 0.0343. The molecule has 568 valence electrons. The van der Waals surface area contributed by atoms with Gasteiger partial charge in [-0.3, -0.25) is 77.5 Å². The number of carbonyl (C=O) groups is 2. The molecule has 0 aliphatic carbocycles. The Morgan fingerprint density at radius 3 is 1.25 bits per heavy atom. The number of Topliss-reactive ketones (excluding diaryl/α,β-unsaturated/α-hetero) is 1. The highest BCUT2D eigenvalue weighted by Crippen LogP contribution is 2.56. The maximum atomic E-state index is 13.9. The first kappa shape index (κ1) is 81.3. The zero-order valence-corrected chi connectivity index (χ0v) is 60.1. The Morgan fingerprint density at radius 2 is 0.880 bits per heavy atom. The summed E-state index contributed by atoms with van der Waals surface area (Å²) in [6.45, 7) is 2.59. The minimum atomic E-state index is -5.33. The SMILES string of the molecule is CC(=O)NCCCOP(=O)(O)OC1CC(C)OC1COP(=O)(O)OC1CC(C)OC1COP(=O)(O)OC1CC(C)OC1COP(=O)(O)OC1CC(C)OC1COP(=O)(O)OC1CC(n2cnc3c2N=CCC3=O)OC1COP(=O)(O)OC1CC(n2ccc(N)nc2=O)OC1COP(=O)(O)O. The lowest BCUT2D eigenvalue weighted by atomic mass is 10.1. The Balaban J connectivity index is 0.760. The van der Waals surface area contributed by atoms with Crippen LogP contribution in [-0.2, 0) is 124 Å². The highest BCUT2D eigenvalue weighted by Gasteiger charge is 2.50. The predicted octanol–water partition coefficient (Wildman–Crippen LogP) is 2.94. The molecule has 9 heterocycles. The van der Waals surface area contributed by atoms with E-state index in [4.69, 9.17) is 88.4 Å². The number of ketones is 1. The maximum absolute atomic E-state index is 13.9. The Labute approximate surface area is 569 Å². The standard InChI is InChI=1S/C49H80N7O37P7/c1-26-13-32(88-95(63,64)75-12-6-9-51-30(5)57)38(82-26)20-77-96(65,66)89-33-14-27(2)83-39(33)21-78-97(67,68)90-34-15-28(3)84-40(34)22-79-98(69,70)91-35-16-29(4)85-41(35)23-80-99(71,72)93-37-18-46(56-25-53-47-31(58)7-10-52-48(47)56)87-43(37)24-81-100(73,74)92-36-17-45(55-11-8-44(50)54-49(55)59)86-42(36)19-76-94(60,61)62/h8,10-11,25-29,32-43,45-46H,6-7,9,12-24H2,1-5H3,(H,51,57)(H,63,64)(H,65,66)(H,67,68)(H,69,70)(H,71,72)(H,73,74)(H2,50,54,59)(H2,60,61,62). The minimum absolute atomic E-state index is 0.0278. The number of anilines is 1. The van der Waals surface area contributed by atoms with Gasteiger partial charge in [-0.05, 0) is 40.2 Å². The van der Waals surface area contributed by atoms with Crippen LogP contribution in [0.5, 0.6) is 0 Å². The van der Waals surface area contributed by atoms with E-state index < -0.39 is 222 Å². The van der Waals surface area contributed by atoms with E-state index in [2.05, 4.69) is 24.8 Å². The average molecular weight is 1580 g/mol. The Kier molecular flexibility index (Phi) is 27.6. The molecule has 7 aliphatic heterocycles. The molecule has 1 amide bonds. The summed E-state index contributed by atoms with van der Waals surface area (Å²) in [6, 6.07) is 1.24. The van der Waals surface area contributed by atoms with Crippen molar-refractivity contribution < 1.29 is 168 Å². The second-order valence-electron chi connectivity index (χ2n) is 24.0. The van der Waals surface area contributed by atoms with Crippen molar-refractivity contribution in [3.05, 3.63) is 34.8 Å². The molecule has 100 heavy (non-hydrogen) atoms. The highest BCUT2D eigenvalue weighted by molar-refractivity contribution is 7.49. The largest absolute Gasteiger partial charge is 0.472 e. The molecule has 24 atom stereocenters. The number of hydrogen-bond donors (Lipinski definition) is 10. The van der Waals surface area contributed by atoms with E-state index in [1.54, 1.807) is 20.8 Å². The zero-order valence-electron chi connectivity index (χ0n) is 53.9. The lowest BCUT2D eigenvalue weighted by Gasteiger charge is -2.26. The topological polar surface area (TPSA) is 594 Å². The second kappa shape index (κ2) is 34.0. The minimum Gasteiger partial charge on any atom is -0.383 e. The maximum Gasteiger partial charge on any atom is 0.472 e. The van der Waals surface area contributed by atoms with Crippen molar-refractivity contribution in [2.75, 3.05) is 58.5 Å². The van der Waals surface area contributed by atoms with Gasteiger partial charge in [-0.2, -0.15) is 4.98 Å². The number of nitrogen functional groups attached to an aromatic ring is 1. The number of phosphoric ester groups is 7. The number of rotatable bonds is 37. The van der Waals surface area contributed by atoms with E-state index in [0.717, 1.165) is 4.57 Å². The van der Waals surface area contributed by atoms with Gasteiger partial charge in [0.1, 0.15) is 91.5 Å². The number of carbonyl (C=O) groups excluding carboxylic acids is 2. The van der Waals surface area contributed by atoms with Gasteiger partial charge < -0.3 is 78.6 Å². The average Bonchev–Trinajstić information content (AvgIpc) is 1.62. The lowest BCUT2D eigenvalue weighted by molar-refractivity contribution is -0.119. The number of fused-ring (bicyclic) bond motifs is 1. The van der Waals surface area contributed by atoms with Crippen molar-refractivity contribution in [3.63, 3.8) is 0 Å². The summed E-state index contributed by atoms with van der Waals surface area (Å²) >= 11 is 0. The fraction of sp³-hybridized carbons (Fsp3) is 0.796. The van der Waals surface area contributed by atoms with Crippen LogP contribution in [0.4, 0.5) is 11.6 Å². The molecular weight excluding hydrogens is 1500 g/mol. The van der Waals surface area contributed by atoms with Gasteiger partial charge in [-0.25, -0.2) is 46.7 Å². The van der Waals surface area contributed by atoms with Crippen molar-refractivity contribution >= 4 is 84.3 Å². The van der Waals surface area contributed by atoms with Crippen LogP contribution < -0.4 is 16.7 Å². The first-order valence-electron chi connectivity index (χ1n) is 31.0. The molecule has 6 saturated heterocycles. The molecule has 24 unspecified atom stereocenters. The number of imidazole rings is 1. The van der Waals surface area contributed by atoms with E-state index in [1.807, 2.05) is 0 Å². The molecule has 2 aromatic rings. The fourth-order valence-electron chi connectivity index (χ4n) is 11.6. The van der Waals surface area contributed by atoms with Crippen molar-refractivity contribution in [2.45, 2.75) is 196 Å². The summed E-state index contributed by atoms with van der Waals surface area (Å²) in [5, 5.41) is 2.51. The molecule has 6 fully saturated rings. The van der Waals surface area contributed by atoms with Gasteiger partial charge in [0.15, 0.2) is 17.3 Å². The second-order valence-corrected chi connectivity index (χ2v) is 33.7. The van der Waals surface area contributed by atoms with Crippen LogP contribution in [0.3, 0.4) is 0 Å². The predicted molar refractivity (Wildman–Crippen MR) is 330 cm³/mol. The highest BCUT2D eigenvalue weighted by atomic mass is 31.2. The van der Waals surface area contributed by atoms with Crippen LogP contribution >= 0.6 is 54.8 Å². The van der Waals surface area contributed by atoms with E-state index in [9.17, 15) is 85.5 Å². The molecule has 7 aliphatic rings. The third-order valence-corrected chi connectivity index (χ3v) is 22.5. The Hall–Kier alpha value is -2.77. The molecule has 2 aromatic heterocycles. The molecule has 0 radical (unpaired) electrons. The number of nitrogens with one attached hydrogen (secondary N) is 1. The van der Waals surface area contributed by atoms with Gasteiger partial charge in [0.2, 0.25) is 5.91 Å². The zero-order chi connectivity index (χ0) is 72.9. The molecule has 0 spiro atoms. The van der Waals surface area contributed by atoms with Crippen LogP contribution in [0.2, 0.25) is 0 Å². The number of amides is 1. The molecule has 0 bridgehead atoms. The van der Waals surface area contributed by atoms with Gasteiger partial charge in [0, 0.05) is 70.8 Å². The van der Waals surface area contributed by atoms with Crippen molar-refractivity contribution in [1.82, 2.24) is 24.4 Å². The van der Waals surface area contributed by atoms with E-state index in [0.29, 0.717) is 0 Å². The van der Waals surface area contributed by atoms with Crippen LogP contribution in [0.15, 0.2) is 28.4 Å². The smallest absolute Gasteiger partial charge is 0.383 e. The third-order valence-electron chi connectivity index (χ3n) is 15.9. The summed E-state index contributed by atoms with van der Waals surface area (Å²) in [5.74, 6) is -0.821. The number of aliphatic imine (C=N–C) groups is 1. The Morgan fingerprint density at radius 1 is 0.530 bits per heavy atom. The first-order valence-corrected chi connectivity index (χ1v) is 41.5. The van der Waals surface area contributed by atoms with Crippen LogP contribution in [0.25, 0.3) is 0 Å². The summed E-state index contributed by atoms with van der Waals surface area (Å²) in [6.07, 6.45) is -18.7. The van der Waals surface area contributed by atoms with Crippen molar-refractivity contribution in [3.8, 4) is 0 Å². The summed E-state index contributed by atoms with van der Waals surface area (Å²) in [7, 11) is -35.8. The summed E-state index contributed by atoms with van der Waals surface area (Å²) < 4.78 is 198. The first-order chi connectivity index (χ1) is 46.7. The monoisotopic (exact) mass is 1580 g/mol. The molecule has 44 nitrogen and oxygen atoms in total. The van der Waals surface area contributed by atoms with Crippen LogP contribution in [0.1, 0.15) is 109 Å². The van der Waals surface area contributed by atoms with E-state index in [1.165, 1.54) is 43.2 Å². The van der Waals surface area contributed by atoms with Crippen molar-refractivity contribution in [2.24, 2.45) is 4.99 Å². The summed E-state index contributed by atoms with van der Waals surface area (Å²) in [4.78, 5) is 132. The van der Waals surface area contributed by atoms with E-state index >= 15 is 0 Å². The molecule has 9 rings (SSSR count). The van der Waals surface area contributed by atoms with Crippen LogP contribution in [-0.4, -0.2) is 227 Å². The molecular formula is C49H80N7O37P7. The fourth-order valence-corrected chi connectivity index (χ4v) is 17.7. The lowest BCUT2D eigenvalue weighted by Crippen LogP contribution is -2.32. The summed E-state index contributed by atoms with van der Waals surface area (Å²) in [5.41, 5.74) is 4.64. The van der Waals surface area contributed by atoms with Gasteiger partial charge in [-0.1, -0.05) is 0 Å². The van der Waals surface area contributed by atoms with Gasteiger partial charge in [0.25, 0.3) is 0 Å². The molecule has 11 N–H and O–H groups in total. The number of nitrogens with two attached hydrogens (primary N) is 1. The van der Waals surface area contributed by atoms with Crippen LogP contribution in [0, 0.1) is 0 Å². The van der Waals surface area contributed by atoms with E-state index in [-0.39, 0.29) is 81.3 Å². The van der Waals surface area contributed by atoms with Crippen molar-refractivity contribution in [1.29, 1.82) is 0 Å². The molecule has 0 saturated carbocycles. The number of phosphoric acid groups is 7. The normalized spacial score (nSPS) is 34.5. The number of nitrogens with zero attached hydrogens (tertiary/aromatic N) is 5.